The minimum atomic E-state index is -0.289. The molecule has 3 rings (SSSR count). The molecule has 1 aromatic carbocycles. The van der Waals surface area contributed by atoms with Crippen molar-refractivity contribution in [1.82, 2.24) is 9.80 Å². The summed E-state index contributed by atoms with van der Waals surface area (Å²) >= 11 is 0. The highest BCUT2D eigenvalue weighted by Gasteiger charge is 2.30. The van der Waals surface area contributed by atoms with E-state index in [9.17, 15) is 14.0 Å². The zero-order chi connectivity index (χ0) is 16.9. The second-order valence-electron chi connectivity index (χ2n) is 6.84. The molecule has 2 heterocycles. The fourth-order valence-corrected chi connectivity index (χ4v) is 3.64. The first kappa shape index (κ1) is 16.9. The molecule has 4 nitrogen and oxygen atoms in total. The van der Waals surface area contributed by atoms with Gasteiger partial charge in [0, 0.05) is 32.1 Å². The van der Waals surface area contributed by atoms with Gasteiger partial charge in [-0.05, 0) is 49.8 Å². The highest BCUT2D eigenvalue weighted by molar-refractivity contribution is 5.81. The standard InChI is InChI=1S/C19H25FN2O2/c20-17-6-4-15(5-7-17)14-18(23)21-12-8-16(9-13-21)19(24)22-10-2-1-3-11-22/h4-7,16H,1-3,8-14H2. The van der Waals surface area contributed by atoms with Crippen molar-refractivity contribution in [2.24, 2.45) is 5.92 Å². The summed E-state index contributed by atoms with van der Waals surface area (Å²) in [5.74, 6) is 0.118. The zero-order valence-corrected chi connectivity index (χ0v) is 14.0. The molecule has 0 bridgehead atoms. The molecule has 0 N–H and O–H groups in total. The number of carbonyl (C=O) groups excluding carboxylic acids is 2. The van der Waals surface area contributed by atoms with Gasteiger partial charge in [0.1, 0.15) is 5.82 Å². The molecule has 2 amide bonds. The first-order chi connectivity index (χ1) is 11.6. The van der Waals surface area contributed by atoms with Crippen LogP contribution in [-0.2, 0) is 16.0 Å². The summed E-state index contributed by atoms with van der Waals surface area (Å²) in [4.78, 5) is 28.7. The van der Waals surface area contributed by atoms with Crippen LogP contribution in [0.5, 0.6) is 0 Å². The molecule has 0 aromatic heterocycles. The molecule has 24 heavy (non-hydrogen) atoms. The van der Waals surface area contributed by atoms with E-state index in [1.54, 1.807) is 12.1 Å². The van der Waals surface area contributed by atoms with Gasteiger partial charge in [0.15, 0.2) is 0 Å². The molecule has 2 fully saturated rings. The van der Waals surface area contributed by atoms with Crippen LogP contribution in [0.2, 0.25) is 0 Å². The average Bonchev–Trinajstić information content (AvgIpc) is 2.64. The van der Waals surface area contributed by atoms with Crippen molar-refractivity contribution in [2.75, 3.05) is 26.2 Å². The summed E-state index contributed by atoms with van der Waals surface area (Å²) in [6.07, 6.45) is 5.25. The summed E-state index contributed by atoms with van der Waals surface area (Å²) in [6.45, 7) is 3.07. The molecular formula is C19H25FN2O2. The Balaban J connectivity index is 1.48. The van der Waals surface area contributed by atoms with E-state index in [2.05, 4.69) is 0 Å². The first-order valence-corrected chi connectivity index (χ1v) is 8.94. The average molecular weight is 332 g/mol. The fraction of sp³-hybridized carbons (Fsp3) is 0.579. The Morgan fingerprint density at radius 1 is 0.917 bits per heavy atom. The molecule has 130 valence electrons. The predicted octanol–water partition coefficient (Wildman–Crippen LogP) is 2.62. The summed E-state index contributed by atoms with van der Waals surface area (Å²) in [5, 5.41) is 0. The Morgan fingerprint density at radius 3 is 2.17 bits per heavy atom. The maximum absolute atomic E-state index is 12.9. The second-order valence-corrected chi connectivity index (χ2v) is 6.84. The molecular weight excluding hydrogens is 307 g/mol. The molecule has 0 saturated carbocycles. The van der Waals surface area contributed by atoms with Crippen LogP contribution < -0.4 is 0 Å². The van der Waals surface area contributed by atoms with Gasteiger partial charge >= 0.3 is 0 Å². The van der Waals surface area contributed by atoms with Gasteiger partial charge in [0.2, 0.25) is 11.8 Å². The molecule has 2 aliphatic rings. The highest BCUT2D eigenvalue weighted by Crippen LogP contribution is 2.22. The number of rotatable bonds is 3. The lowest BCUT2D eigenvalue weighted by Crippen LogP contribution is -2.46. The van der Waals surface area contributed by atoms with Gasteiger partial charge in [0.25, 0.3) is 0 Å². The van der Waals surface area contributed by atoms with E-state index >= 15 is 0 Å². The van der Waals surface area contributed by atoms with E-state index in [4.69, 9.17) is 0 Å². The van der Waals surface area contributed by atoms with Gasteiger partial charge < -0.3 is 9.80 Å². The van der Waals surface area contributed by atoms with Crippen LogP contribution >= 0.6 is 0 Å². The van der Waals surface area contributed by atoms with E-state index in [1.807, 2.05) is 9.80 Å². The SMILES string of the molecule is O=C(Cc1ccc(F)cc1)N1CCC(C(=O)N2CCCCC2)CC1. The minimum Gasteiger partial charge on any atom is -0.342 e. The summed E-state index contributed by atoms with van der Waals surface area (Å²) in [6, 6.07) is 6.07. The number of carbonyl (C=O) groups is 2. The van der Waals surface area contributed by atoms with Crippen molar-refractivity contribution < 1.29 is 14.0 Å². The third kappa shape index (κ3) is 4.13. The zero-order valence-electron chi connectivity index (χ0n) is 14.0. The van der Waals surface area contributed by atoms with E-state index in [0.29, 0.717) is 19.5 Å². The predicted molar refractivity (Wildman–Crippen MR) is 89.8 cm³/mol. The van der Waals surface area contributed by atoms with Gasteiger partial charge in [-0.2, -0.15) is 0 Å². The lowest BCUT2D eigenvalue weighted by Gasteiger charge is -2.35. The fourth-order valence-electron chi connectivity index (χ4n) is 3.64. The topological polar surface area (TPSA) is 40.6 Å². The van der Waals surface area contributed by atoms with Gasteiger partial charge in [-0.15, -0.1) is 0 Å². The van der Waals surface area contributed by atoms with Gasteiger partial charge in [0.05, 0.1) is 6.42 Å². The molecule has 0 spiro atoms. The van der Waals surface area contributed by atoms with Crippen LogP contribution in [0.25, 0.3) is 0 Å². The quantitative estimate of drug-likeness (QED) is 0.854. The van der Waals surface area contributed by atoms with Gasteiger partial charge in [-0.3, -0.25) is 9.59 Å². The Hall–Kier alpha value is -1.91. The van der Waals surface area contributed by atoms with Crippen molar-refractivity contribution in [1.29, 1.82) is 0 Å². The first-order valence-electron chi connectivity index (χ1n) is 8.94. The number of piperidine rings is 2. The molecule has 0 radical (unpaired) electrons. The Labute approximate surface area is 142 Å². The Bertz CT molecular complexity index is 574. The van der Waals surface area contributed by atoms with Crippen molar-refractivity contribution in [3.05, 3.63) is 35.6 Å². The van der Waals surface area contributed by atoms with Gasteiger partial charge in [-0.1, -0.05) is 12.1 Å². The number of nitrogens with zero attached hydrogens (tertiary/aromatic N) is 2. The lowest BCUT2D eigenvalue weighted by molar-refractivity contribution is -0.141. The number of hydrogen-bond donors (Lipinski definition) is 0. The van der Waals surface area contributed by atoms with Crippen LogP contribution in [0.1, 0.15) is 37.7 Å². The smallest absolute Gasteiger partial charge is 0.226 e. The van der Waals surface area contributed by atoms with Crippen LogP contribution in [0, 0.1) is 11.7 Å². The van der Waals surface area contributed by atoms with Crippen molar-refractivity contribution in [3.63, 3.8) is 0 Å². The van der Waals surface area contributed by atoms with Crippen molar-refractivity contribution >= 4 is 11.8 Å². The molecule has 2 saturated heterocycles. The minimum absolute atomic E-state index is 0.0606. The van der Waals surface area contributed by atoms with E-state index in [0.717, 1.165) is 44.3 Å². The largest absolute Gasteiger partial charge is 0.342 e. The van der Waals surface area contributed by atoms with Crippen LogP contribution in [-0.4, -0.2) is 47.8 Å². The lowest BCUT2D eigenvalue weighted by atomic mass is 9.94. The van der Waals surface area contributed by atoms with E-state index in [1.165, 1.54) is 18.6 Å². The number of benzene rings is 1. The maximum atomic E-state index is 12.9. The van der Waals surface area contributed by atoms with Crippen LogP contribution in [0.3, 0.4) is 0 Å². The number of likely N-dealkylation sites (tertiary alicyclic amines) is 2. The normalized spacial score (nSPS) is 19.4. The monoisotopic (exact) mass is 332 g/mol. The van der Waals surface area contributed by atoms with Crippen LogP contribution in [0.15, 0.2) is 24.3 Å². The van der Waals surface area contributed by atoms with Gasteiger partial charge in [-0.25, -0.2) is 4.39 Å². The Kier molecular flexibility index (Phi) is 5.48. The van der Waals surface area contributed by atoms with Crippen molar-refractivity contribution in [3.8, 4) is 0 Å². The molecule has 0 aliphatic carbocycles. The third-order valence-corrected chi connectivity index (χ3v) is 5.13. The third-order valence-electron chi connectivity index (χ3n) is 5.13. The number of halogens is 1. The second kappa shape index (κ2) is 7.77. The summed E-state index contributed by atoms with van der Waals surface area (Å²) in [5.41, 5.74) is 0.827. The number of amides is 2. The Morgan fingerprint density at radius 2 is 1.54 bits per heavy atom. The van der Waals surface area contributed by atoms with E-state index in [-0.39, 0.29) is 23.5 Å². The molecule has 0 atom stereocenters. The maximum Gasteiger partial charge on any atom is 0.226 e. The van der Waals surface area contributed by atoms with E-state index < -0.39 is 0 Å². The molecule has 2 aliphatic heterocycles. The summed E-state index contributed by atoms with van der Waals surface area (Å²) in [7, 11) is 0. The highest BCUT2D eigenvalue weighted by atomic mass is 19.1. The summed E-state index contributed by atoms with van der Waals surface area (Å²) < 4.78 is 12.9. The molecule has 1 aromatic rings. The molecule has 5 heteroatoms. The number of hydrogen-bond acceptors (Lipinski definition) is 2. The van der Waals surface area contributed by atoms with Crippen molar-refractivity contribution in [2.45, 2.75) is 38.5 Å². The molecule has 0 unspecified atom stereocenters. The van der Waals surface area contributed by atoms with Crippen LogP contribution in [0.4, 0.5) is 4.39 Å².